The summed E-state index contributed by atoms with van der Waals surface area (Å²) in [5.74, 6) is 0.269. The van der Waals surface area contributed by atoms with Crippen LogP contribution >= 0.6 is 0 Å². The Labute approximate surface area is 159 Å². The molecule has 3 rings (SSSR count). The van der Waals surface area contributed by atoms with Crippen LogP contribution in [0.2, 0.25) is 0 Å². The molecule has 0 fully saturated rings. The maximum Gasteiger partial charge on any atom is 0.263 e. The van der Waals surface area contributed by atoms with Crippen LogP contribution in [0.4, 0.5) is 22.9 Å². The van der Waals surface area contributed by atoms with Crippen molar-refractivity contribution in [1.29, 1.82) is 0 Å². The van der Waals surface area contributed by atoms with Crippen LogP contribution in [-0.2, 0) is 10.0 Å². The van der Waals surface area contributed by atoms with Crippen molar-refractivity contribution in [3.05, 3.63) is 72.4 Å². The lowest BCUT2D eigenvalue weighted by atomic mass is 10.2. The lowest BCUT2D eigenvalue weighted by Crippen LogP contribution is -2.14. The van der Waals surface area contributed by atoms with Gasteiger partial charge < -0.3 is 10.2 Å². The molecule has 2 N–H and O–H groups in total. The number of hydrogen-bond donors (Lipinski definition) is 2. The number of benzene rings is 2. The highest BCUT2D eigenvalue weighted by atomic mass is 32.2. The average Bonchev–Trinajstić information content (AvgIpc) is 2.63. The van der Waals surface area contributed by atoms with Crippen molar-refractivity contribution in [3.63, 3.8) is 0 Å². The van der Waals surface area contributed by atoms with E-state index in [0.717, 1.165) is 22.6 Å². The smallest absolute Gasteiger partial charge is 0.263 e. The summed E-state index contributed by atoms with van der Waals surface area (Å²) in [5.41, 5.74) is 3.69. The van der Waals surface area contributed by atoms with E-state index in [1.165, 1.54) is 0 Å². The lowest BCUT2D eigenvalue weighted by molar-refractivity contribution is 0.601. The molecular weight excluding hydrogens is 360 g/mol. The molecule has 27 heavy (non-hydrogen) atoms. The van der Waals surface area contributed by atoms with Gasteiger partial charge in [-0.3, -0.25) is 4.72 Å². The van der Waals surface area contributed by atoms with Crippen molar-refractivity contribution in [2.45, 2.75) is 11.8 Å². The molecule has 1 aromatic heterocycles. The zero-order valence-electron chi connectivity index (χ0n) is 15.5. The first kappa shape index (κ1) is 18.7. The first-order valence-electron chi connectivity index (χ1n) is 8.43. The summed E-state index contributed by atoms with van der Waals surface area (Å²) in [6.07, 6.45) is 1.59. The van der Waals surface area contributed by atoms with Gasteiger partial charge in [-0.05, 0) is 61.0 Å². The quantitative estimate of drug-likeness (QED) is 0.674. The molecule has 0 saturated carbocycles. The van der Waals surface area contributed by atoms with E-state index < -0.39 is 10.0 Å². The van der Waals surface area contributed by atoms with Crippen LogP contribution in [0.25, 0.3) is 0 Å². The topological polar surface area (TPSA) is 74.3 Å². The summed E-state index contributed by atoms with van der Waals surface area (Å²) >= 11 is 0. The fourth-order valence-corrected chi connectivity index (χ4v) is 3.63. The molecule has 0 unspecified atom stereocenters. The van der Waals surface area contributed by atoms with Crippen LogP contribution in [-0.4, -0.2) is 27.5 Å². The van der Waals surface area contributed by atoms with Crippen molar-refractivity contribution in [2.75, 3.05) is 29.0 Å². The molecule has 1 heterocycles. The minimum atomic E-state index is -3.66. The second-order valence-electron chi connectivity index (χ2n) is 6.42. The third-order valence-electron chi connectivity index (χ3n) is 3.97. The normalized spacial score (nSPS) is 11.1. The highest BCUT2D eigenvalue weighted by Gasteiger charge is 2.14. The zero-order chi connectivity index (χ0) is 19.4. The predicted octanol–water partition coefficient (Wildman–Crippen LogP) is 4.00. The number of nitrogens with one attached hydrogen (secondary N) is 2. The van der Waals surface area contributed by atoms with E-state index in [0.29, 0.717) is 0 Å². The molecule has 0 aliphatic rings. The highest BCUT2D eigenvalue weighted by Crippen LogP contribution is 2.21. The molecule has 0 spiro atoms. The number of sulfonamides is 1. The largest absolute Gasteiger partial charge is 0.378 e. The molecule has 0 radical (unpaired) electrons. The van der Waals surface area contributed by atoms with Crippen molar-refractivity contribution in [2.24, 2.45) is 0 Å². The third-order valence-corrected chi connectivity index (χ3v) is 5.33. The van der Waals surface area contributed by atoms with Crippen molar-refractivity contribution < 1.29 is 8.42 Å². The first-order chi connectivity index (χ1) is 12.8. The van der Waals surface area contributed by atoms with E-state index in [-0.39, 0.29) is 10.7 Å². The number of aryl methyl sites for hydroxylation is 1. The Morgan fingerprint density at radius 1 is 0.926 bits per heavy atom. The Morgan fingerprint density at radius 2 is 1.63 bits per heavy atom. The van der Waals surface area contributed by atoms with E-state index in [2.05, 4.69) is 15.0 Å². The fourth-order valence-electron chi connectivity index (χ4n) is 2.52. The molecule has 0 bridgehead atoms. The molecule has 0 saturated heterocycles. The van der Waals surface area contributed by atoms with Crippen LogP contribution in [0.1, 0.15) is 5.56 Å². The number of pyridine rings is 1. The van der Waals surface area contributed by atoms with Crippen LogP contribution < -0.4 is 14.9 Å². The minimum absolute atomic E-state index is 0.215. The Kier molecular flexibility index (Phi) is 5.32. The predicted molar refractivity (Wildman–Crippen MR) is 110 cm³/mol. The molecule has 140 valence electrons. The van der Waals surface area contributed by atoms with Gasteiger partial charge in [0.2, 0.25) is 0 Å². The van der Waals surface area contributed by atoms with E-state index in [4.69, 9.17) is 0 Å². The van der Waals surface area contributed by atoms with Crippen molar-refractivity contribution >= 4 is 32.9 Å². The summed E-state index contributed by atoms with van der Waals surface area (Å²) in [5, 5.41) is 3.24. The molecule has 2 aromatic carbocycles. The molecule has 3 aromatic rings. The van der Waals surface area contributed by atoms with E-state index in [1.807, 2.05) is 56.3 Å². The van der Waals surface area contributed by atoms with Crippen LogP contribution in [0.5, 0.6) is 0 Å². The number of rotatable bonds is 6. The summed E-state index contributed by atoms with van der Waals surface area (Å²) in [6, 6.07) is 18.1. The Bertz CT molecular complexity index is 1010. The van der Waals surface area contributed by atoms with Gasteiger partial charge >= 0.3 is 0 Å². The van der Waals surface area contributed by atoms with Crippen molar-refractivity contribution in [3.8, 4) is 0 Å². The number of anilines is 4. The summed E-state index contributed by atoms with van der Waals surface area (Å²) in [4.78, 5) is 6.44. The van der Waals surface area contributed by atoms with Gasteiger partial charge in [-0.25, -0.2) is 13.4 Å². The minimum Gasteiger partial charge on any atom is -0.378 e. The van der Waals surface area contributed by atoms with Gasteiger partial charge in [-0.15, -0.1) is 0 Å². The SMILES string of the molecule is Cc1cccc(S(=O)(=O)Nc2ccc(Nc3ccc(N(C)C)cc3)cn2)c1. The number of aromatic nitrogens is 1. The second kappa shape index (κ2) is 7.67. The van der Waals surface area contributed by atoms with Crippen molar-refractivity contribution in [1.82, 2.24) is 4.98 Å². The van der Waals surface area contributed by atoms with Gasteiger partial charge in [0, 0.05) is 25.5 Å². The van der Waals surface area contributed by atoms with Crippen LogP contribution in [0, 0.1) is 6.92 Å². The monoisotopic (exact) mass is 382 g/mol. The molecule has 0 aliphatic heterocycles. The Balaban J connectivity index is 1.70. The maximum absolute atomic E-state index is 12.4. The van der Waals surface area contributed by atoms with Crippen LogP contribution in [0.15, 0.2) is 71.8 Å². The average molecular weight is 382 g/mol. The van der Waals surface area contributed by atoms with Gasteiger partial charge in [0.25, 0.3) is 10.0 Å². The zero-order valence-corrected chi connectivity index (χ0v) is 16.3. The Morgan fingerprint density at radius 3 is 2.22 bits per heavy atom. The van der Waals surface area contributed by atoms with Gasteiger partial charge in [-0.1, -0.05) is 12.1 Å². The lowest BCUT2D eigenvalue weighted by Gasteiger charge is -2.13. The van der Waals surface area contributed by atoms with Gasteiger partial charge in [0.15, 0.2) is 0 Å². The molecular formula is C20H22N4O2S. The van der Waals surface area contributed by atoms with E-state index >= 15 is 0 Å². The highest BCUT2D eigenvalue weighted by molar-refractivity contribution is 7.92. The molecule has 7 heteroatoms. The molecule has 6 nitrogen and oxygen atoms in total. The number of nitrogens with zero attached hydrogens (tertiary/aromatic N) is 2. The standard InChI is InChI=1S/C20H22N4O2S/c1-15-5-4-6-19(13-15)27(25,26)23-20-12-9-17(14-21-20)22-16-7-10-18(11-8-16)24(2)3/h4-14,22H,1-3H3,(H,21,23). The van der Waals surface area contributed by atoms with Gasteiger partial charge in [0.1, 0.15) is 5.82 Å². The molecule has 0 atom stereocenters. The first-order valence-corrected chi connectivity index (χ1v) is 9.92. The maximum atomic E-state index is 12.4. The Hall–Kier alpha value is -3.06. The van der Waals surface area contributed by atoms with Gasteiger partial charge in [-0.2, -0.15) is 0 Å². The number of hydrogen-bond acceptors (Lipinski definition) is 5. The summed E-state index contributed by atoms with van der Waals surface area (Å²) in [7, 11) is 0.320. The summed E-state index contributed by atoms with van der Waals surface area (Å²) < 4.78 is 27.4. The van der Waals surface area contributed by atoms with E-state index in [9.17, 15) is 8.42 Å². The fraction of sp³-hybridized carbons (Fsp3) is 0.150. The molecule has 0 amide bonds. The second-order valence-corrected chi connectivity index (χ2v) is 8.10. The summed E-state index contributed by atoms with van der Waals surface area (Å²) in [6.45, 7) is 1.85. The van der Waals surface area contributed by atoms with Gasteiger partial charge in [0.05, 0.1) is 16.8 Å². The van der Waals surface area contributed by atoms with Crippen LogP contribution in [0.3, 0.4) is 0 Å². The van der Waals surface area contributed by atoms with E-state index in [1.54, 1.807) is 36.5 Å². The molecule has 0 aliphatic carbocycles. The third kappa shape index (κ3) is 4.77.